The van der Waals surface area contributed by atoms with Crippen molar-refractivity contribution < 1.29 is 14.3 Å². The van der Waals surface area contributed by atoms with Crippen molar-refractivity contribution in [1.29, 1.82) is 0 Å². The molecule has 7 heteroatoms. The summed E-state index contributed by atoms with van der Waals surface area (Å²) >= 11 is 0. The number of aromatic nitrogens is 1. The fraction of sp³-hybridized carbons (Fsp3) is 0.375. The zero-order valence-electron chi connectivity index (χ0n) is 18.0. The van der Waals surface area contributed by atoms with E-state index in [0.717, 1.165) is 56.2 Å². The number of carbonyl (C=O) groups excluding carboxylic acids is 1. The number of carbonyl (C=O) groups is 1. The van der Waals surface area contributed by atoms with Crippen molar-refractivity contribution in [2.45, 2.75) is 6.54 Å². The lowest BCUT2D eigenvalue weighted by Gasteiger charge is -2.26. The molecule has 0 unspecified atom stereocenters. The molecule has 0 radical (unpaired) electrons. The van der Waals surface area contributed by atoms with Gasteiger partial charge >= 0.3 is 6.03 Å². The number of nitrogens with zero attached hydrogens (tertiary/aromatic N) is 3. The van der Waals surface area contributed by atoms with Crippen LogP contribution in [-0.4, -0.2) is 73.4 Å². The second-order valence-corrected chi connectivity index (χ2v) is 7.75. The van der Waals surface area contributed by atoms with Gasteiger partial charge in [0, 0.05) is 56.0 Å². The van der Waals surface area contributed by atoms with Gasteiger partial charge in [-0.15, -0.1) is 0 Å². The third-order valence-electron chi connectivity index (χ3n) is 5.57. The monoisotopic (exact) mass is 422 g/mol. The van der Waals surface area contributed by atoms with Crippen molar-refractivity contribution in [2.75, 3.05) is 58.4 Å². The van der Waals surface area contributed by atoms with Gasteiger partial charge in [0.15, 0.2) is 0 Å². The average molecular weight is 423 g/mol. The van der Waals surface area contributed by atoms with Crippen molar-refractivity contribution in [3.63, 3.8) is 0 Å². The molecular weight excluding hydrogens is 392 g/mol. The lowest BCUT2D eigenvalue weighted by molar-refractivity contribution is 0.0365. The summed E-state index contributed by atoms with van der Waals surface area (Å²) in [7, 11) is 1.77. The zero-order chi connectivity index (χ0) is 21.5. The van der Waals surface area contributed by atoms with Gasteiger partial charge in [-0.05, 0) is 36.4 Å². The standard InChI is InChI=1S/C24H30N4O3/c1-26(13-18-31-22-5-3-2-4-6-22)24(29)25-21-7-8-23-20(19-21)9-10-28(23)12-11-27-14-16-30-17-15-27/h2-10,19H,11-18H2,1H3,(H,25,29). The molecule has 1 saturated heterocycles. The van der Waals surface area contributed by atoms with Crippen LogP contribution >= 0.6 is 0 Å². The van der Waals surface area contributed by atoms with E-state index in [2.05, 4.69) is 33.1 Å². The summed E-state index contributed by atoms with van der Waals surface area (Å²) < 4.78 is 13.4. The molecule has 7 nitrogen and oxygen atoms in total. The lowest BCUT2D eigenvalue weighted by atomic mass is 10.2. The fourth-order valence-corrected chi connectivity index (χ4v) is 3.68. The van der Waals surface area contributed by atoms with Crippen molar-refractivity contribution in [3.8, 4) is 5.75 Å². The molecule has 4 rings (SSSR count). The highest BCUT2D eigenvalue weighted by molar-refractivity contribution is 5.92. The number of hydrogen-bond donors (Lipinski definition) is 1. The third kappa shape index (κ3) is 5.77. The fourth-order valence-electron chi connectivity index (χ4n) is 3.68. The minimum absolute atomic E-state index is 0.150. The number of para-hydroxylation sites is 1. The highest BCUT2D eigenvalue weighted by Gasteiger charge is 2.12. The van der Waals surface area contributed by atoms with Crippen LogP contribution in [0.25, 0.3) is 10.9 Å². The smallest absolute Gasteiger partial charge is 0.321 e. The van der Waals surface area contributed by atoms with E-state index >= 15 is 0 Å². The predicted molar refractivity (Wildman–Crippen MR) is 123 cm³/mol. The Morgan fingerprint density at radius 2 is 1.90 bits per heavy atom. The molecule has 1 aliphatic heterocycles. The second-order valence-electron chi connectivity index (χ2n) is 7.75. The maximum atomic E-state index is 12.5. The number of urea groups is 1. The van der Waals surface area contributed by atoms with Gasteiger partial charge in [-0.1, -0.05) is 18.2 Å². The molecule has 0 bridgehead atoms. The maximum absolute atomic E-state index is 12.5. The Morgan fingerprint density at radius 1 is 1.10 bits per heavy atom. The van der Waals surface area contributed by atoms with Crippen molar-refractivity contribution in [1.82, 2.24) is 14.4 Å². The Hall–Kier alpha value is -3.03. The molecule has 1 aromatic heterocycles. The van der Waals surface area contributed by atoms with Crippen LogP contribution in [0.5, 0.6) is 5.75 Å². The topological polar surface area (TPSA) is 59.0 Å². The minimum atomic E-state index is -0.150. The van der Waals surface area contributed by atoms with Gasteiger partial charge in [-0.25, -0.2) is 4.79 Å². The minimum Gasteiger partial charge on any atom is -0.492 e. The molecule has 0 atom stereocenters. The lowest BCUT2D eigenvalue weighted by Crippen LogP contribution is -2.38. The first-order chi connectivity index (χ1) is 15.2. The SMILES string of the molecule is CN(CCOc1ccccc1)C(=O)Nc1ccc2c(ccn2CCN2CCOCC2)c1. The Balaban J connectivity index is 1.28. The number of ether oxygens (including phenoxy) is 2. The number of likely N-dealkylation sites (N-methyl/N-ethyl adjacent to an activating group) is 1. The van der Waals surface area contributed by atoms with E-state index < -0.39 is 0 Å². The molecule has 0 saturated carbocycles. The summed E-state index contributed by atoms with van der Waals surface area (Å²) in [5.41, 5.74) is 1.97. The van der Waals surface area contributed by atoms with Crippen molar-refractivity contribution in [2.24, 2.45) is 0 Å². The maximum Gasteiger partial charge on any atom is 0.321 e. The van der Waals surface area contributed by atoms with Crippen LogP contribution in [0.15, 0.2) is 60.8 Å². The van der Waals surface area contributed by atoms with Crippen LogP contribution < -0.4 is 10.1 Å². The Kier molecular flexibility index (Phi) is 7.07. The summed E-state index contributed by atoms with van der Waals surface area (Å²) in [6.07, 6.45) is 2.11. The quantitative estimate of drug-likeness (QED) is 0.604. The van der Waals surface area contributed by atoms with Crippen LogP contribution in [0, 0.1) is 0 Å². The normalized spacial score (nSPS) is 14.5. The second kappa shape index (κ2) is 10.3. The third-order valence-corrected chi connectivity index (χ3v) is 5.57. The highest BCUT2D eigenvalue weighted by Crippen LogP contribution is 2.21. The summed E-state index contributed by atoms with van der Waals surface area (Å²) in [6.45, 7) is 6.55. The van der Waals surface area contributed by atoms with Gasteiger partial charge in [-0.2, -0.15) is 0 Å². The van der Waals surface area contributed by atoms with Gasteiger partial charge in [0.25, 0.3) is 0 Å². The number of morpholine rings is 1. The van der Waals surface area contributed by atoms with Gasteiger partial charge in [0.05, 0.1) is 19.8 Å². The van der Waals surface area contributed by atoms with E-state index in [9.17, 15) is 4.79 Å². The van der Waals surface area contributed by atoms with Crippen molar-refractivity contribution >= 4 is 22.6 Å². The van der Waals surface area contributed by atoms with E-state index in [1.165, 1.54) is 5.52 Å². The van der Waals surface area contributed by atoms with Crippen LogP contribution in [0.1, 0.15) is 0 Å². The number of rotatable bonds is 8. The summed E-state index contributed by atoms with van der Waals surface area (Å²) in [5.74, 6) is 0.805. The molecule has 1 fully saturated rings. The first kappa shape index (κ1) is 21.2. The first-order valence-corrected chi connectivity index (χ1v) is 10.8. The molecular formula is C24H30N4O3. The Morgan fingerprint density at radius 3 is 2.71 bits per heavy atom. The first-order valence-electron chi connectivity index (χ1n) is 10.8. The molecule has 1 N–H and O–H groups in total. The molecule has 2 heterocycles. The summed E-state index contributed by atoms with van der Waals surface area (Å²) in [5, 5.41) is 4.10. The van der Waals surface area contributed by atoms with Crippen LogP contribution in [0.4, 0.5) is 10.5 Å². The number of amides is 2. The van der Waals surface area contributed by atoms with Gasteiger partial charge in [0.1, 0.15) is 12.4 Å². The molecule has 0 spiro atoms. The molecule has 31 heavy (non-hydrogen) atoms. The Labute approximate surface area is 183 Å². The molecule has 0 aliphatic carbocycles. The van der Waals surface area contributed by atoms with E-state index in [0.29, 0.717) is 13.2 Å². The molecule has 2 aromatic carbocycles. The highest BCUT2D eigenvalue weighted by atomic mass is 16.5. The van der Waals surface area contributed by atoms with E-state index in [1.807, 2.05) is 42.5 Å². The molecule has 3 aromatic rings. The number of fused-ring (bicyclic) bond motifs is 1. The summed E-state index contributed by atoms with van der Waals surface area (Å²) in [6, 6.07) is 17.6. The number of anilines is 1. The molecule has 2 amide bonds. The Bertz CT molecular complexity index is 983. The molecule has 1 aliphatic rings. The number of nitrogens with one attached hydrogen (secondary N) is 1. The number of hydrogen-bond acceptors (Lipinski definition) is 4. The average Bonchev–Trinajstić information content (AvgIpc) is 3.21. The molecule has 164 valence electrons. The van der Waals surface area contributed by atoms with E-state index in [1.54, 1.807) is 11.9 Å². The van der Waals surface area contributed by atoms with Crippen molar-refractivity contribution in [3.05, 3.63) is 60.8 Å². The largest absolute Gasteiger partial charge is 0.492 e. The zero-order valence-corrected chi connectivity index (χ0v) is 18.0. The number of benzene rings is 2. The van der Waals surface area contributed by atoms with Crippen LogP contribution in [0.3, 0.4) is 0 Å². The van der Waals surface area contributed by atoms with Gasteiger partial charge in [-0.3, -0.25) is 4.90 Å². The van der Waals surface area contributed by atoms with E-state index in [4.69, 9.17) is 9.47 Å². The predicted octanol–water partition coefficient (Wildman–Crippen LogP) is 3.52. The van der Waals surface area contributed by atoms with Crippen LogP contribution in [-0.2, 0) is 11.3 Å². The summed E-state index contributed by atoms with van der Waals surface area (Å²) in [4.78, 5) is 16.6. The van der Waals surface area contributed by atoms with Gasteiger partial charge in [0.2, 0.25) is 0 Å². The van der Waals surface area contributed by atoms with Gasteiger partial charge < -0.3 is 24.3 Å². The van der Waals surface area contributed by atoms with E-state index in [-0.39, 0.29) is 6.03 Å². The van der Waals surface area contributed by atoms with Crippen LogP contribution in [0.2, 0.25) is 0 Å².